The van der Waals surface area contributed by atoms with Crippen LogP contribution in [0.15, 0.2) is 28.3 Å². The molecular formula is C14H19FN4S. The Morgan fingerprint density at radius 1 is 1.40 bits per heavy atom. The lowest BCUT2D eigenvalue weighted by molar-refractivity contribution is 0.584. The third-order valence-electron chi connectivity index (χ3n) is 3.30. The summed E-state index contributed by atoms with van der Waals surface area (Å²) in [6.07, 6.45) is 1.52. The van der Waals surface area contributed by atoms with Crippen molar-refractivity contribution >= 4 is 11.8 Å². The van der Waals surface area contributed by atoms with Crippen LogP contribution in [0.4, 0.5) is 4.39 Å². The van der Waals surface area contributed by atoms with Crippen LogP contribution in [0.25, 0.3) is 0 Å². The molecule has 4 nitrogen and oxygen atoms in total. The Morgan fingerprint density at radius 3 is 2.75 bits per heavy atom. The number of nitrogens with zero attached hydrogens (tertiary/aromatic N) is 3. The van der Waals surface area contributed by atoms with E-state index in [0.717, 1.165) is 17.8 Å². The average Bonchev–Trinajstić information content (AvgIpc) is 2.74. The Hall–Kier alpha value is -1.40. The van der Waals surface area contributed by atoms with E-state index in [9.17, 15) is 4.39 Å². The van der Waals surface area contributed by atoms with E-state index in [1.807, 2.05) is 31.5 Å². The molecule has 0 bridgehead atoms. The minimum absolute atomic E-state index is 0.0392. The number of aromatic nitrogens is 3. The lowest BCUT2D eigenvalue weighted by Crippen LogP contribution is -2.21. The predicted molar refractivity (Wildman–Crippen MR) is 78.2 cm³/mol. The maximum atomic E-state index is 14.1. The second-order valence-corrected chi connectivity index (χ2v) is 5.77. The van der Waals surface area contributed by atoms with Crippen molar-refractivity contribution in [3.63, 3.8) is 0 Å². The third kappa shape index (κ3) is 3.19. The van der Waals surface area contributed by atoms with Gasteiger partial charge in [0.1, 0.15) is 11.6 Å². The van der Waals surface area contributed by atoms with Crippen molar-refractivity contribution < 1.29 is 4.39 Å². The van der Waals surface area contributed by atoms with E-state index in [1.54, 1.807) is 6.07 Å². The number of benzene rings is 1. The average molecular weight is 294 g/mol. The van der Waals surface area contributed by atoms with Crippen molar-refractivity contribution in [3.05, 3.63) is 35.4 Å². The van der Waals surface area contributed by atoms with Gasteiger partial charge in [-0.05, 0) is 43.2 Å². The zero-order valence-corrected chi connectivity index (χ0v) is 12.7. The van der Waals surface area contributed by atoms with E-state index >= 15 is 0 Å². The molecule has 0 saturated heterocycles. The number of nitrogens with two attached hydrogens (primary N) is 1. The highest BCUT2D eigenvalue weighted by Gasteiger charge is 2.15. The van der Waals surface area contributed by atoms with E-state index in [-0.39, 0.29) is 11.9 Å². The van der Waals surface area contributed by atoms with Crippen molar-refractivity contribution in [2.45, 2.75) is 42.8 Å². The number of rotatable bonds is 5. The van der Waals surface area contributed by atoms with E-state index in [0.29, 0.717) is 16.5 Å². The minimum Gasteiger partial charge on any atom is -0.327 e. The Balaban J connectivity index is 2.32. The largest absolute Gasteiger partial charge is 0.327 e. The normalized spacial score (nSPS) is 12.7. The molecule has 0 fully saturated rings. The van der Waals surface area contributed by atoms with Crippen LogP contribution >= 0.6 is 11.8 Å². The predicted octanol–water partition coefficient (Wildman–Crippen LogP) is 2.69. The fraction of sp³-hybridized carbons (Fsp3) is 0.429. The molecule has 1 heterocycles. The SMILES string of the molecule is CCC(N)Cc1cccc(F)c1Sc1nnc(C)n1C. The Bertz CT molecular complexity index is 597. The number of hydrogen-bond acceptors (Lipinski definition) is 4. The summed E-state index contributed by atoms with van der Waals surface area (Å²) >= 11 is 1.30. The first-order valence-electron chi connectivity index (χ1n) is 6.59. The summed E-state index contributed by atoms with van der Waals surface area (Å²) in [7, 11) is 1.87. The van der Waals surface area contributed by atoms with Crippen LogP contribution in [0.2, 0.25) is 0 Å². The molecule has 0 aliphatic rings. The monoisotopic (exact) mass is 294 g/mol. The van der Waals surface area contributed by atoms with Gasteiger partial charge in [-0.1, -0.05) is 19.1 Å². The molecule has 1 aromatic carbocycles. The molecule has 0 amide bonds. The summed E-state index contributed by atoms with van der Waals surface area (Å²) in [5, 5.41) is 8.74. The van der Waals surface area contributed by atoms with E-state index < -0.39 is 0 Å². The highest BCUT2D eigenvalue weighted by atomic mass is 32.2. The molecule has 2 rings (SSSR count). The van der Waals surface area contributed by atoms with Gasteiger partial charge in [0.25, 0.3) is 0 Å². The zero-order valence-electron chi connectivity index (χ0n) is 11.9. The van der Waals surface area contributed by atoms with Gasteiger partial charge in [-0.3, -0.25) is 0 Å². The fourth-order valence-electron chi connectivity index (χ4n) is 1.82. The Labute approximate surface area is 122 Å². The lowest BCUT2D eigenvalue weighted by Gasteiger charge is -2.13. The topological polar surface area (TPSA) is 56.7 Å². The minimum atomic E-state index is -0.239. The molecule has 1 atom stereocenters. The first kappa shape index (κ1) is 15.0. The molecule has 2 aromatic rings. The summed E-state index contributed by atoms with van der Waals surface area (Å²) in [5.41, 5.74) is 6.91. The van der Waals surface area contributed by atoms with Crippen molar-refractivity contribution in [2.24, 2.45) is 12.8 Å². The highest BCUT2D eigenvalue weighted by Crippen LogP contribution is 2.32. The molecule has 0 saturated carbocycles. The molecule has 20 heavy (non-hydrogen) atoms. The summed E-state index contributed by atoms with van der Waals surface area (Å²) in [5.74, 6) is 0.562. The van der Waals surface area contributed by atoms with Crippen LogP contribution in [-0.4, -0.2) is 20.8 Å². The van der Waals surface area contributed by atoms with Crippen molar-refractivity contribution in [2.75, 3.05) is 0 Å². The Morgan fingerprint density at radius 2 is 2.15 bits per heavy atom. The third-order valence-corrected chi connectivity index (χ3v) is 4.50. The van der Waals surface area contributed by atoms with Crippen LogP contribution in [0.5, 0.6) is 0 Å². The standard InChI is InChI=1S/C14H19FN4S/c1-4-11(16)8-10-6-5-7-12(15)13(10)20-14-18-17-9(2)19(14)3/h5-7,11H,4,8,16H2,1-3H3. The molecule has 6 heteroatoms. The summed E-state index contributed by atoms with van der Waals surface area (Å²) < 4.78 is 16.0. The lowest BCUT2D eigenvalue weighted by atomic mass is 10.0. The van der Waals surface area contributed by atoms with Gasteiger partial charge in [0.05, 0.1) is 4.90 Å². The number of hydrogen-bond donors (Lipinski definition) is 1. The van der Waals surface area contributed by atoms with Gasteiger partial charge in [-0.25, -0.2) is 4.39 Å². The maximum absolute atomic E-state index is 14.1. The molecule has 1 unspecified atom stereocenters. The van der Waals surface area contributed by atoms with E-state index in [2.05, 4.69) is 10.2 Å². The summed E-state index contributed by atoms with van der Waals surface area (Å²) in [4.78, 5) is 0.590. The van der Waals surface area contributed by atoms with Crippen molar-refractivity contribution in [1.82, 2.24) is 14.8 Å². The van der Waals surface area contributed by atoms with Crippen LogP contribution in [0.3, 0.4) is 0 Å². The van der Waals surface area contributed by atoms with Crippen LogP contribution in [0.1, 0.15) is 24.7 Å². The van der Waals surface area contributed by atoms with Gasteiger partial charge < -0.3 is 10.3 Å². The van der Waals surface area contributed by atoms with E-state index in [1.165, 1.54) is 17.8 Å². The second-order valence-electron chi connectivity index (χ2n) is 4.79. The van der Waals surface area contributed by atoms with Crippen LogP contribution < -0.4 is 5.73 Å². The first-order chi connectivity index (χ1) is 9.52. The number of aryl methyl sites for hydroxylation is 1. The van der Waals surface area contributed by atoms with Gasteiger partial charge in [0.15, 0.2) is 5.16 Å². The summed E-state index contributed by atoms with van der Waals surface area (Å²) in [6.45, 7) is 3.90. The first-order valence-corrected chi connectivity index (χ1v) is 7.41. The van der Waals surface area contributed by atoms with Crippen molar-refractivity contribution in [3.8, 4) is 0 Å². The molecule has 108 valence electrons. The maximum Gasteiger partial charge on any atom is 0.195 e. The molecule has 0 aliphatic heterocycles. The molecule has 1 aromatic heterocycles. The molecule has 0 aliphatic carbocycles. The van der Waals surface area contributed by atoms with E-state index in [4.69, 9.17) is 5.73 Å². The molecule has 2 N–H and O–H groups in total. The van der Waals surface area contributed by atoms with Crippen LogP contribution in [-0.2, 0) is 13.5 Å². The zero-order chi connectivity index (χ0) is 14.7. The molecular weight excluding hydrogens is 275 g/mol. The van der Waals surface area contributed by atoms with Gasteiger partial charge in [-0.2, -0.15) is 0 Å². The van der Waals surface area contributed by atoms with Crippen molar-refractivity contribution in [1.29, 1.82) is 0 Å². The highest BCUT2D eigenvalue weighted by molar-refractivity contribution is 7.99. The number of halogens is 1. The second kappa shape index (κ2) is 6.37. The van der Waals surface area contributed by atoms with Gasteiger partial charge in [0, 0.05) is 13.1 Å². The summed E-state index contributed by atoms with van der Waals surface area (Å²) in [6, 6.07) is 5.15. The fourth-order valence-corrected chi connectivity index (χ4v) is 2.80. The molecule has 0 spiro atoms. The van der Waals surface area contributed by atoms with Gasteiger partial charge >= 0.3 is 0 Å². The smallest absolute Gasteiger partial charge is 0.195 e. The molecule has 0 radical (unpaired) electrons. The van der Waals surface area contributed by atoms with Gasteiger partial charge in [-0.15, -0.1) is 10.2 Å². The Kier molecular flexibility index (Phi) is 4.77. The quantitative estimate of drug-likeness (QED) is 0.921. The van der Waals surface area contributed by atoms with Crippen LogP contribution in [0, 0.1) is 12.7 Å². The van der Waals surface area contributed by atoms with Gasteiger partial charge in [0.2, 0.25) is 0 Å².